The number of carbonyl (C=O) groups excluding carboxylic acids is 2. The van der Waals surface area contributed by atoms with Crippen molar-refractivity contribution in [2.75, 3.05) is 10.8 Å². The smallest absolute Gasteiger partial charge is 0.264 e. The van der Waals surface area contributed by atoms with Gasteiger partial charge in [0.1, 0.15) is 12.6 Å². The Hall–Kier alpha value is -3.95. The first kappa shape index (κ1) is 32.0. The summed E-state index contributed by atoms with van der Waals surface area (Å²) in [7, 11) is -4.12. The topological polar surface area (TPSA) is 86.8 Å². The number of sulfonamides is 1. The van der Waals surface area contributed by atoms with Crippen molar-refractivity contribution >= 4 is 43.5 Å². The van der Waals surface area contributed by atoms with Crippen molar-refractivity contribution in [1.29, 1.82) is 0 Å². The molecule has 224 valence electrons. The Morgan fingerprint density at radius 3 is 2.02 bits per heavy atom. The third-order valence-corrected chi connectivity index (χ3v) is 9.16. The summed E-state index contributed by atoms with van der Waals surface area (Å²) in [4.78, 5) is 29.7. The number of benzene rings is 4. The minimum Gasteiger partial charge on any atom is -0.352 e. The van der Waals surface area contributed by atoms with Crippen LogP contribution in [-0.2, 0) is 32.6 Å². The molecule has 0 saturated heterocycles. The second kappa shape index (κ2) is 14.5. The SMILES string of the molecule is Cc1ccc(N(CC(=O)N(Cc2cccc(Br)c2)[C@@H](Cc2ccccc2)C(=O)NC(C)C)S(=O)(=O)c2ccccc2)cc1. The van der Waals surface area contributed by atoms with Crippen LogP contribution < -0.4 is 9.62 Å². The van der Waals surface area contributed by atoms with Crippen LogP contribution in [0.15, 0.2) is 119 Å². The van der Waals surface area contributed by atoms with Gasteiger partial charge in [-0.1, -0.05) is 94.3 Å². The Morgan fingerprint density at radius 2 is 1.42 bits per heavy atom. The molecule has 0 bridgehead atoms. The Balaban J connectivity index is 1.79. The zero-order valence-corrected chi connectivity index (χ0v) is 26.9. The summed E-state index contributed by atoms with van der Waals surface area (Å²) in [5.74, 6) is -0.810. The Bertz CT molecular complexity index is 1630. The van der Waals surface area contributed by atoms with Gasteiger partial charge in [-0.15, -0.1) is 0 Å². The fourth-order valence-corrected chi connectivity index (χ4v) is 6.61. The Labute approximate surface area is 262 Å². The molecule has 0 aliphatic carbocycles. The molecule has 0 aromatic heterocycles. The number of nitrogens with zero attached hydrogens (tertiary/aromatic N) is 2. The van der Waals surface area contributed by atoms with Crippen LogP contribution in [0, 0.1) is 6.92 Å². The molecule has 4 rings (SSSR count). The van der Waals surface area contributed by atoms with Gasteiger partial charge in [-0.2, -0.15) is 0 Å². The summed E-state index contributed by atoms with van der Waals surface area (Å²) >= 11 is 3.50. The zero-order valence-electron chi connectivity index (χ0n) is 24.5. The van der Waals surface area contributed by atoms with Gasteiger partial charge in [-0.25, -0.2) is 8.42 Å². The highest BCUT2D eigenvalue weighted by Gasteiger charge is 2.34. The molecule has 1 N–H and O–H groups in total. The van der Waals surface area contributed by atoms with E-state index in [1.807, 2.05) is 75.4 Å². The molecule has 4 aromatic rings. The Morgan fingerprint density at radius 1 is 0.814 bits per heavy atom. The number of hydrogen-bond donors (Lipinski definition) is 1. The van der Waals surface area contributed by atoms with Crippen molar-refractivity contribution in [2.24, 2.45) is 0 Å². The fraction of sp³-hybridized carbons (Fsp3) is 0.235. The largest absolute Gasteiger partial charge is 0.352 e. The minimum atomic E-state index is -4.12. The normalized spacial score (nSPS) is 12.0. The van der Waals surface area contributed by atoms with Gasteiger partial charge in [0.25, 0.3) is 10.0 Å². The number of anilines is 1. The quantitative estimate of drug-likeness (QED) is 0.198. The lowest BCUT2D eigenvalue weighted by Crippen LogP contribution is -2.54. The van der Waals surface area contributed by atoms with Crippen molar-refractivity contribution in [1.82, 2.24) is 10.2 Å². The molecule has 0 spiro atoms. The van der Waals surface area contributed by atoms with E-state index in [1.54, 1.807) is 42.5 Å². The summed E-state index contributed by atoms with van der Waals surface area (Å²) in [6.07, 6.45) is 0.259. The van der Waals surface area contributed by atoms with Crippen LogP contribution in [0.2, 0.25) is 0 Å². The third kappa shape index (κ3) is 8.55. The number of rotatable bonds is 12. The predicted molar refractivity (Wildman–Crippen MR) is 174 cm³/mol. The summed E-state index contributed by atoms with van der Waals surface area (Å²) in [5, 5.41) is 2.97. The van der Waals surface area contributed by atoms with Gasteiger partial charge >= 0.3 is 0 Å². The van der Waals surface area contributed by atoms with Gasteiger partial charge < -0.3 is 10.2 Å². The van der Waals surface area contributed by atoms with Crippen molar-refractivity contribution in [3.05, 3.63) is 130 Å². The Kier molecular flexibility index (Phi) is 10.8. The summed E-state index contributed by atoms with van der Waals surface area (Å²) < 4.78 is 29.9. The monoisotopic (exact) mass is 661 g/mol. The molecular formula is C34H36BrN3O4S. The molecule has 0 fully saturated rings. The van der Waals surface area contributed by atoms with Gasteiger partial charge in [0.05, 0.1) is 10.6 Å². The van der Waals surface area contributed by atoms with Gasteiger partial charge in [-0.05, 0) is 68.3 Å². The first-order valence-electron chi connectivity index (χ1n) is 14.1. The molecule has 9 heteroatoms. The molecule has 0 saturated carbocycles. The number of hydrogen-bond acceptors (Lipinski definition) is 4. The van der Waals surface area contributed by atoms with E-state index in [4.69, 9.17) is 0 Å². The average molecular weight is 663 g/mol. The van der Waals surface area contributed by atoms with E-state index in [1.165, 1.54) is 17.0 Å². The minimum absolute atomic E-state index is 0.0697. The molecule has 43 heavy (non-hydrogen) atoms. The van der Waals surface area contributed by atoms with Crippen molar-refractivity contribution in [3.63, 3.8) is 0 Å². The van der Waals surface area contributed by atoms with Gasteiger partial charge in [-0.3, -0.25) is 13.9 Å². The molecule has 4 aromatic carbocycles. The molecule has 1 atom stereocenters. The molecule has 0 aliphatic heterocycles. The van der Waals surface area contributed by atoms with Gasteiger partial charge in [0.2, 0.25) is 11.8 Å². The van der Waals surface area contributed by atoms with Gasteiger partial charge in [0.15, 0.2) is 0 Å². The maximum Gasteiger partial charge on any atom is 0.264 e. The molecule has 0 aliphatic rings. The molecule has 7 nitrogen and oxygen atoms in total. The van der Waals surface area contributed by atoms with Crippen LogP contribution in [-0.4, -0.2) is 43.8 Å². The highest BCUT2D eigenvalue weighted by Crippen LogP contribution is 2.26. The van der Waals surface area contributed by atoms with Crippen molar-refractivity contribution in [3.8, 4) is 0 Å². The number of amides is 2. The van der Waals surface area contributed by atoms with Crippen LogP contribution in [0.1, 0.15) is 30.5 Å². The first-order valence-corrected chi connectivity index (χ1v) is 16.3. The maximum absolute atomic E-state index is 14.4. The number of aryl methyl sites for hydroxylation is 1. The van der Waals surface area contributed by atoms with E-state index in [-0.39, 0.29) is 29.8 Å². The van der Waals surface area contributed by atoms with Crippen LogP contribution in [0.25, 0.3) is 0 Å². The van der Waals surface area contributed by atoms with Crippen LogP contribution in [0.3, 0.4) is 0 Å². The maximum atomic E-state index is 14.4. The predicted octanol–water partition coefficient (Wildman–Crippen LogP) is 6.12. The molecule has 0 unspecified atom stereocenters. The molecule has 2 amide bonds. The fourth-order valence-electron chi connectivity index (χ4n) is 4.73. The molecule has 0 heterocycles. The summed E-state index contributed by atoms with van der Waals surface area (Å²) in [6, 6.07) is 31.0. The summed E-state index contributed by atoms with van der Waals surface area (Å²) in [6.45, 7) is 5.25. The zero-order chi connectivity index (χ0) is 31.0. The van der Waals surface area contributed by atoms with Crippen LogP contribution in [0.5, 0.6) is 0 Å². The van der Waals surface area contributed by atoms with E-state index in [0.717, 1.165) is 25.5 Å². The highest BCUT2D eigenvalue weighted by molar-refractivity contribution is 9.10. The van der Waals surface area contributed by atoms with E-state index in [2.05, 4.69) is 21.2 Å². The number of halogens is 1. The lowest BCUT2D eigenvalue weighted by Gasteiger charge is -2.34. The van der Waals surface area contributed by atoms with Crippen molar-refractivity contribution in [2.45, 2.75) is 50.7 Å². The molecule has 0 radical (unpaired) electrons. The average Bonchev–Trinajstić information content (AvgIpc) is 2.98. The summed E-state index contributed by atoms with van der Waals surface area (Å²) in [5.41, 5.74) is 2.99. The lowest BCUT2D eigenvalue weighted by molar-refractivity contribution is -0.140. The van der Waals surface area contributed by atoms with Crippen LogP contribution >= 0.6 is 15.9 Å². The van der Waals surface area contributed by atoms with E-state index < -0.39 is 28.5 Å². The third-order valence-electron chi connectivity index (χ3n) is 6.88. The van der Waals surface area contributed by atoms with Gasteiger partial charge in [0, 0.05) is 23.5 Å². The highest BCUT2D eigenvalue weighted by atomic mass is 79.9. The molecular weight excluding hydrogens is 626 g/mol. The van der Waals surface area contributed by atoms with E-state index >= 15 is 0 Å². The second-order valence-electron chi connectivity index (χ2n) is 10.7. The number of carbonyl (C=O) groups is 2. The first-order chi connectivity index (χ1) is 20.5. The lowest BCUT2D eigenvalue weighted by atomic mass is 10.0. The van der Waals surface area contributed by atoms with E-state index in [0.29, 0.717) is 5.69 Å². The van der Waals surface area contributed by atoms with E-state index in [9.17, 15) is 18.0 Å². The second-order valence-corrected chi connectivity index (χ2v) is 13.5. The van der Waals surface area contributed by atoms with Crippen molar-refractivity contribution < 1.29 is 18.0 Å². The van der Waals surface area contributed by atoms with Crippen LogP contribution in [0.4, 0.5) is 5.69 Å². The standard InChI is InChI=1S/C34H36BrN3O4S/c1-25(2)36-34(40)32(22-27-11-6-4-7-12-27)37(23-28-13-10-14-29(35)21-28)33(39)24-38(30-19-17-26(3)18-20-30)43(41,42)31-15-8-5-9-16-31/h4-21,25,32H,22-24H2,1-3H3,(H,36,40)/t32-/m0/s1. The number of nitrogens with one attached hydrogen (secondary N) is 1.